The van der Waals surface area contributed by atoms with E-state index in [-0.39, 0.29) is 0 Å². The van der Waals surface area contributed by atoms with Crippen molar-refractivity contribution in [3.63, 3.8) is 0 Å². The Morgan fingerprint density at radius 3 is 1.67 bits per heavy atom. The fraction of sp³-hybridized carbons (Fsp3) is 0.304. The second kappa shape index (κ2) is 6.08. The third-order valence-electron chi connectivity index (χ3n) is 5.62. The topological polar surface area (TPSA) is 36.9 Å². The van der Waals surface area contributed by atoms with Crippen LogP contribution in [0, 0.1) is 0 Å². The van der Waals surface area contributed by atoms with Gasteiger partial charge in [0.05, 0.1) is 25.3 Å². The summed E-state index contributed by atoms with van der Waals surface area (Å²) in [4.78, 5) is 0. The van der Waals surface area contributed by atoms with Crippen molar-refractivity contribution in [2.24, 2.45) is 0 Å². The highest BCUT2D eigenvalue weighted by Crippen LogP contribution is 2.52. The summed E-state index contributed by atoms with van der Waals surface area (Å²) in [5.41, 5.74) is 4.28. The first-order chi connectivity index (χ1) is 13.2. The van der Waals surface area contributed by atoms with E-state index in [0.29, 0.717) is 0 Å². The summed E-state index contributed by atoms with van der Waals surface area (Å²) >= 11 is 0. The summed E-state index contributed by atoms with van der Waals surface area (Å²) in [7, 11) is 3.38. The van der Waals surface area contributed by atoms with Gasteiger partial charge in [-0.15, -0.1) is 0 Å². The molecule has 27 heavy (non-hydrogen) atoms. The molecular weight excluding hydrogens is 340 g/mol. The highest BCUT2D eigenvalue weighted by molar-refractivity contribution is 5.76. The first kappa shape index (κ1) is 16.3. The molecule has 138 valence electrons. The highest BCUT2D eigenvalue weighted by Gasteiger charge is 2.49. The molecule has 5 rings (SSSR count). The van der Waals surface area contributed by atoms with E-state index in [1.165, 1.54) is 0 Å². The fourth-order valence-electron chi connectivity index (χ4n) is 4.31. The summed E-state index contributed by atoms with van der Waals surface area (Å²) in [6.45, 7) is 0. The Labute approximate surface area is 159 Å². The van der Waals surface area contributed by atoms with E-state index in [2.05, 4.69) is 12.2 Å². The van der Waals surface area contributed by atoms with Gasteiger partial charge in [0, 0.05) is 11.1 Å². The molecule has 1 saturated carbocycles. The molecule has 3 aliphatic rings. The smallest absolute Gasteiger partial charge is 0.297 e. The van der Waals surface area contributed by atoms with Crippen molar-refractivity contribution < 1.29 is 18.9 Å². The van der Waals surface area contributed by atoms with Gasteiger partial charge in [-0.1, -0.05) is 12.1 Å². The Hall–Kier alpha value is -2.88. The summed E-state index contributed by atoms with van der Waals surface area (Å²) < 4.78 is 24.3. The SMILES string of the molecule is COc1cccc2c1C=C1CCCCC3=Cc4c(OC)cccc4OC13O2. The van der Waals surface area contributed by atoms with Gasteiger partial charge in [0.15, 0.2) is 0 Å². The molecule has 4 heteroatoms. The monoisotopic (exact) mass is 362 g/mol. The van der Waals surface area contributed by atoms with Crippen LogP contribution in [0.1, 0.15) is 36.8 Å². The molecule has 4 nitrogen and oxygen atoms in total. The zero-order valence-electron chi connectivity index (χ0n) is 15.6. The van der Waals surface area contributed by atoms with Crippen molar-refractivity contribution in [1.82, 2.24) is 0 Å². The van der Waals surface area contributed by atoms with Gasteiger partial charge in [0.2, 0.25) is 0 Å². The molecule has 2 aromatic carbocycles. The van der Waals surface area contributed by atoms with Crippen molar-refractivity contribution in [1.29, 1.82) is 0 Å². The van der Waals surface area contributed by atoms with Gasteiger partial charge in [0.25, 0.3) is 5.79 Å². The quantitative estimate of drug-likeness (QED) is 0.733. The minimum Gasteiger partial charge on any atom is -0.496 e. The second-order valence-corrected chi connectivity index (χ2v) is 7.11. The summed E-state index contributed by atoms with van der Waals surface area (Å²) in [6, 6.07) is 11.8. The van der Waals surface area contributed by atoms with E-state index in [9.17, 15) is 0 Å². The van der Waals surface area contributed by atoms with Crippen LogP contribution in [0.2, 0.25) is 0 Å². The molecule has 2 aliphatic heterocycles. The summed E-state index contributed by atoms with van der Waals surface area (Å²) in [6.07, 6.45) is 8.48. The molecule has 0 aromatic heterocycles. The van der Waals surface area contributed by atoms with E-state index in [4.69, 9.17) is 18.9 Å². The molecule has 2 aromatic rings. The predicted molar refractivity (Wildman–Crippen MR) is 104 cm³/mol. The van der Waals surface area contributed by atoms with Gasteiger partial charge in [-0.3, -0.25) is 0 Å². The Bertz CT molecular complexity index is 891. The number of benzene rings is 2. The lowest BCUT2D eigenvalue weighted by atomic mass is 9.87. The summed E-state index contributed by atoms with van der Waals surface area (Å²) in [5, 5.41) is 0. The third kappa shape index (κ3) is 2.36. The van der Waals surface area contributed by atoms with Crippen molar-refractivity contribution in [2.45, 2.75) is 31.5 Å². The molecule has 0 unspecified atom stereocenters. The number of methoxy groups -OCH3 is 2. The maximum Gasteiger partial charge on any atom is 0.297 e. The van der Waals surface area contributed by atoms with Gasteiger partial charge >= 0.3 is 0 Å². The Morgan fingerprint density at radius 2 is 1.22 bits per heavy atom. The van der Waals surface area contributed by atoms with Gasteiger partial charge in [-0.2, -0.15) is 0 Å². The van der Waals surface area contributed by atoms with Crippen LogP contribution in [-0.2, 0) is 0 Å². The van der Waals surface area contributed by atoms with Crippen molar-refractivity contribution >= 4 is 12.2 Å². The zero-order chi connectivity index (χ0) is 18.4. The van der Waals surface area contributed by atoms with Gasteiger partial charge < -0.3 is 18.9 Å². The van der Waals surface area contributed by atoms with Gasteiger partial charge in [-0.05, 0) is 62.1 Å². The maximum atomic E-state index is 6.60. The predicted octanol–water partition coefficient (Wildman–Crippen LogP) is 5.23. The standard InChI is InChI=1S/C23H22O4/c1-24-19-9-5-11-21-17(19)13-15-7-3-4-8-16-14-18-20(25-2)10-6-12-22(18)27-23(15,16)26-21/h5-6,9-14H,3-4,7-8H2,1-2H3. The molecule has 0 N–H and O–H groups in total. The van der Waals surface area contributed by atoms with Crippen LogP contribution in [0.3, 0.4) is 0 Å². The molecule has 1 spiro atoms. The van der Waals surface area contributed by atoms with Crippen molar-refractivity contribution in [3.8, 4) is 23.0 Å². The van der Waals surface area contributed by atoms with E-state index in [1.54, 1.807) is 14.2 Å². The average Bonchev–Trinajstić information content (AvgIpc) is 2.88. The first-order valence-electron chi connectivity index (χ1n) is 9.39. The lowest BCUT2D eigenvalue weighted by Crippen LogP contribution is -2.48. The third-order valence-corrected chi connectivity index (χ3v) is 5.62. The normalized spacial score (nSPS) is 18.7. The molecule has 0 atom stereocenters. The van der Waals surface area contributed by atoms with E-state index >= 15 is 0 Å². The highest BCUT2D eigenvalue weighted by atomic mass is 16.7. The minimum absolute atomic E-state index is 0.789. The molecule has 0 saturated heterocycles. The molecule has 0 amide bonds. The first-order valence-corrected chi connectivity index (χ1v) is 9.39. The largest absolute Gasteiger partial charge is 0.496 e. The van der Waals surface area contributed by atoms with Crippen LogP contribution in [0.5, 0.6) is 23.0 Å². The Kier molecular flexibility index (Phi) is 3.67. The number of hydrogen-bond donors (Lipinski definition) is 0. The van der Waals surface area contributed by atoms with E-state index in [0.717, 1.165) is 71.0 Å². The van der Waals surface area contributed by atoms with Gasteiger partial charge in [-0.25, -0.2) is 0 Å². The van der Waals surface area contributed by atoms with Crippen LogP contribution in [-0.4, -0.2) is 20.0 Å². The summed E-state index contributed by atoms with van der Waals surface area (Å²) in [5.74, 6) is 2.36. The molecule has 0 radical (unpaired) electrons. The minimum atomic E-state index is -0.866. The molecule has 2 heterocycles. The number of ether oxygens (including phenoxy) is 4. The van der Waals surface area contributed by atoms with Crippen molar-refractivity contribution in [2.75, 3.05) is 14.2 Å². The molecule has 0 bridgehead atoms. The molecule has 1 aliphatic carbocycles. The fourth-order valence-corrected chi connectivity index (χ4v) is 4.31. The van der Waals surface area contributed by atoms with Gasteiger partial charge in [0.1, 0.15) is 23.0 Å². The number of rotatable bonds is 2. The van der Waals surface area contributed by atoms with Crippen LogP contribution >= 0.6 is 0 Å². The van der Waals surface area contributed by atoms with Crippen LogP contribution < -0.4 is 18.9 Å². The Balaban J connectivity index is 1.71. The lowest BCUT2D eigenvalue weighted by molar-refractivity contribution is -0.0545. The molecule has 1 fully saturated rings. The van der Waals surface area contributed by atoms with Crippen LogP contribution in [0.15, 0.2) is 47.5 Å². The number of fused-ring (bicyclic) bond motifs is 2. The Morgan fingerprint density at radius 1 is 0.741 bits per heavy atom. The lowest BCUT2D eigenvalue weighted by Gasteiger charge is -2.42. The van der Waals surface area contributed by atoms with E-state index < -0.39 is 5.79 Å². The van der Waals surface area contributed by atoms with Crippen molar-refractivity contribution in [3.05, 3.63) is 58.7 Å². The zero-order valence-corrected chi connectivity index (χ0v) is 15.6. The maximum absolute atomic E-state index is 6.60. The second-order valence-electron chi connectivity index (χ2n) is 7.11. The van der Waals surface area contributed by atoms with Crippen LogP contribution in [0.4, 0.5) is 0 Å². The average molecular weight is 362 g/mol. The van der Waals surface area contributed by atoms with Crippen LogP contribution in [0.25, 0.3) is 12.2 Å². The van der Waals surface area contributed by atoms with E-state index in [1.807, 2.05) is 36.4 Å². The number of hydrogen-bond acceptors (Lipinski definition) is 4. The molecular formula is C23H22O4.